The maximum atomic E-state index is 12.3. The van der Waals surface area contributed by atoms with Crippen molar-refractivity contribution < 1.29 is 9.59 Å². The number of rotatable bonds is 5. The van der Waals surface area contributed by atoms with E-state index in [1.54, 1.807) is 18.2 Å². The summed E-state index contributed by atoms with van der Waals surface area (Å²) in [6.07, 6.45) is 1.72. The van der Waals surface area contributed by atoms with E-state index in [-0.39, 0.29) is 16.8 Å². The van der Waals surface area contributed by atoms with Gasteiger partial charge in [0.05, 0.1) is 5.03 Å². The molecule has 3 rings (SSSR count). The van der Waals surface area contributed by atoms with Crippen LogP contribution in [0.2, 0.25) is 0 Å². The van der Waals surface area contributed by atoms with Gasteiger partial charge < -0.3 is 10.6 Å². The minimum absolute atomic E-state index is 0.133. The van der Waals surface area contributed by atoms with Crippen molar-refractivity contribution >= 4 is 57.2 Å². The number of nitrogens with one attached hydrogen (secondary N) is 2. The molecule has 8 heteroatoms. The number of anilines is 2. The molecule has 2 aromatic carbocycles. The number of halogens is 1. The normalized spacial score (nSPS) is 11.2. The fourth-order valence-electron chi connectivity index (χ4n) is 2.31. The Balaban J connectivity index is 1.69. The number of aryl methyl sites for hydroxylation is 1. The Bertz CT molecular complexity index is 1030. The molecule has 6 nitrogen and oxygen atoms in total. The van der Waals surface area contributed by atoms with Crippen LogP contribution in [0, 0.1) is 6.92 Å². The maximum absolute atomic E-state index is 12.3. The zero-order valence-corrected chi connectivity index (χ0v) is 16.8. The van der Waals surface area contributed by atoms with E-state index >= 15 is 0 Å². The van der Waals surface area contributed by atoms with Crippen LogP contribution in [0.1, 0.15) is 32.9 Å². The quantitative estimate of drug-likeness (QED) is 0.630. The monoisotopic (exact) mass is 412 g/mol. The van der Waals surface area contributed by atoms with Crippen LogP contribution in [-0.4, -0.2) is 22.0 Å². The third-order valence-corrected chi connectivity index (χ3v) is 5.01. The Kier molecular flexibility index (Phi) is 6.18. The molecule has 0 aliphatic heterocycles. The van der Waals surface area contributed by atoms with Gasteiger partial charge in [-0.25, -0.2) is 0 Å². The van der Waals surface area contributed by atoms with Crippen LogP contribution >= 0.6 is 22.9 Å². The summed E-state index contributed by atoms with van der Waals surface area (Å²) in [5, 5.41) is 14.4. The number of nitrogens with zero attached hydrogens (tertiary/aromatic N) is 2. The highest BCUT2D eigenvalue weighted by molar-refractivity contribution is 7.15. The number of carbonyl (C=O) groups is 2. The molecule has 142 valence electrons. The number of amides is 2. The average molecular weight is 413 g/mol. The molecule has 0 saturated heterocycles. The molecule has 0 bridgehead atoms. The Hall–Kier alpha value is -3.03. The van der Waals surface area contributed by atoms with Crippen molar-refractivity contribution in [2.24, 2.45) is 0 Å². The lowest BCUT2D eigenvalue weighted by Gasteiger charge is -2.02. The van der Waals surface area contributed by atoms with Gasteiger partial charge in [-0.15, -0.1) is 10.2 Å². The fourth-order valence-corrected chi connectivity index (χ4v) is 3.23. The van der Waals surface area contributed by atoms with E-state index in [1.807, 2.05) is 43.3 Å². The van der Waals surface area contributed by atoms with Gasteiger partial charge >= 0.3 is 0 Å². The molecule has 0 aliphatic rings. The van der Waals surface area contributed by atoms with Gasteiger partial charge in [-0.05, 0) is 42.8 Å². The summed E-state index contributed by atoms with van der Waals surface area (Å²) < 4.78 is 0. The predicted octanol–water partition coefficient (Wildman–Crippen LogP) is 4.79. The third kappa shape index (κ3) is 5.25. The highest BCUT2D eigenvalue weighted by atomic mass is 35.5. The maximum Gasteiger partial charge on any atom is 0.286 e. The van der Waals surface area contributed by atoms with Gasteiger partial charge in [-0.3, -0.25) is 9.59 Å². The summed E-state index contributed by atoms with van der Waals surface area (Å²) in [5.41, 5.74) is 3.33. The second kappa shape index (κ2) is 8.77. The molecule has 2 N–H and O–H groups in total. The van der Waals surface area contributed by atoms with Crippen molar-refractivity contribution in [2.75, 3.05) is 10.6 Å². The van der Waals surface area contributed by atoms with Crippen molar-refractivity contribution in [1.82, 2.24) is 10.2 Å². The number of carbonyl (C=O) groups excluding carboxylic acids is 2. The minimum atomic E-state index is -0.336. The molecule has 0 aliphatic carbocycles. The molecule has 0 radical (unpaired) electrons. The standard InChI is InChI=1S/C20H17ClN4O2S/c1-12-3-7-16(8-4-12)23-18(27)20-25-24-19(28-20)17(21)11-14-5-9-15(10-6-14)22-13(2)26/h3-11H,1-2H3,(H,22,26)(H,23,27)/b17-11-. The summed E-state index contributed by atoms with van der Waals surface area (Å²) in [4.78, 5) is 23.4. The second-order valence-electron chi connectivity index (χ2n) is 6.03. The first-order valence-corrected chi connectivity index (χ1v) is 9.57. The zero-order valence-electron chi connectivity index (χ0n) is 15.2. The molecule has 0 atom stereocenters. The predicted molar refractivity (Wildman–Crippen MR) is 114 cm³/mol. The molecule has 1 heterocycles. The van der Waals surface area contributed by atoms with E-state index in [0.29, 0.717) is 21.4 Å². The molecule has 1 aromatic heterocycles. The molecule has 2 amide bonds. The van der Waals surface area contributed by atoms with E-state index in [9.17, 15) is 9.59 Å². The van der Waals surface area contributed by atoms with Gasteiger partial charge in [0.1, 0.15) is 0 Å². The van der Waals surface area contributed by atoms with Crippen LogP contribution in [0.5, 0.6) is 0 Å². The van der Waals surface area contributed by atoms with E-state index in [2.05, 4.69) is 20.8 Å². The van der Waals surface area contributed by atoms with Crippen molar-refractivity contribution in [1.29, 1.82) is 0 Å². The molecule has 0 unspecified atom stereocenters. The van der Waals surface area contributed by atoms with Crippen LogP contribution in [0.4, 0.5) is 11.4 Å². The van der Waals surface area contributed by atoms with Crippen molar-refractivity contribution in [2.45, 2.75) is 13.8 Å². The van der Waals surface area contributed by atoms with Gasteiger partial charge in [0.15, 0.2) is 5.01 Å². The number of hydrogen-bond donors (Lipinski definition) is 2. The second-order valence-corrected chi connectivity index (χ2v) is 7.41. The van der Waals surface area contributed by atoms with Crippen molar-refractivity contribution in [3.8, 4) is 0 Å². The van der Waals surface area contributed by atoms with E-state index in [1.165, 1.54) is 6.92 Å². The molecule has 0 saturated carbocycles. The van der Waals surface area contributed by atoms with E-state index < -0.39 is 0 Å². The third-order valence-electron chi connectivity index (χ3n) is 3.66. The summed E-state index contributed by atoms with van der Waals surface area (Å²) in [7, 11) is 0. The van der Waals surface area contributed by atoms with Crippen molar-refractivity contribution in [3.05, 3.63) is 69.7 Å². The molecule has 3 aromatic rings. The zero-order chi connectivity index (χ0) is 20.1. The Morgan fingerprint density at radius 3 is 2.14 bits per heavy atom. The van der Waals surface area contributed by atoms with Crippen LogP contribution in [0.3, 0.4) is 0 Å². The summed E-state index contributed by atoms with van der Waals surface area (Å²) >= 11 is 7.44. The van der Waals surface area contributed by atoms with Crippen LogP contribution in [-0.2, 0) is 4.79 Å². The average Bonchev–Trinajstić information content (AvgIpc) is 3.15. The number of hydrogen-bond acceptors (Lipinski definition) is 5. The minimum Gasteiger partial charge on any atom is -0.326 e. The summed E-state index contributed by atoms with van der Waals surface area (Å²) in [5.74, 6) is -0.469. The number of aromatic nitrogens is 2. The lowest BCUT2D eigenvalue weighted by molar-refractivity contribution is -0.114. The van der Waals surface area contributed by atoms with Crippen LogP contribution in [0.15, 0.2) is 48.5 Å². The van der Waals surface area contributed by atoms with Gasteiger partial charge in [0.25, 0.3) is 5.91 Å². The van der Waals surface area contributed by atoms with Gasteiger partial charge in [-0.1, -0.05) is 52.8 Å². The largest absolute Gasteiger partial charge is 0.326 e. The Morgan fingerprint density at radius 2 is 1.50 bits per heavy atom. The number of benzene rings is 2. The molecule has 0 fully saturated rings. The highest BCUT2D eigenvalue weighted by Gasteiger charge is 2.15. The topological polar surface area (TPSA) is 84.0 Å². The first kappa shape index (κ1) is 19.7. The first-order chi connectivity index (χ1) is 13.4. The van der Waals surface area contributed by atoms with Crippen LogP contribution in [0.25, 0.3) is 11.1 Å². The first-order valence-electron chi connectivity index (χ1n) is 8.37. The van der Waals surface area contributed by atoms with Crippen LogP contribution < -0.4 is 10.6 Å². The Morgan fingerprint density at radius 1 is 0.929 bits per heavy atom. The Labute approximate surface area is 171 Å². The highest BCUT2D eigenvalue weighted by Crippen LogP contribution is 2.26. The molecular weight excluding hydrogens is 396 g/mol. The smallest absolute Gasteiger partial charge is 0.286 e. The van der Waals surface area contributed by atoms with Gasteiger partial charge in [0, 0.05) is 18.3 Å². The molecule has 28 heavy (non-hydrogen) atoms. The lowest BCUT2D eigenvalue weighted by Crippen LogP contribution is -2.11. The lowest BCUT2D eigenvalue weighted by atomic mass is 10.2. The van der Waals surface area contributed by atoms with E-state index in [0.717, 1.165) is 22.5 Å². The summed E-state index contributed by atoms with van der Waals surface area (Å²) in [6, 6.07) is 14.7. The van der Waals surface area contributed by atoms with E-state index in [4.69, 9.17) is 11.6 Å². The van der Waals surface area contributed by atoms with Crippen molar-refractivity contribution in [3.63, 3.8) is 0 Å². The SMILES string of the molecule is CC(=O)Nc1ccc(/C=C(\Cl)c2nnc(C(=O)Nc3ccc(C)cc3)s2)cc1. The molecular formula is C20H17ClN4O2S. The summed E-state index contributed by atoms with van der Waals surface area (Å²) in [6.45, 7) is 3.43. The fraction of sp³-hybridized carbons (Fsp3) is 0.100. The van der Waals surface area contributed by atoms with Gasteiger partial charge in [0.2, 0.25) is 10.9 Å². The van der Waals surface area contributed by atoms with Gasteiger partial charge in [-0.2, -0.15) is 0 Å². The molecule has 0 spiro atoms.